The summed E-state index contributed by atoms with van der Waals surface area (Å²) >= 11 is 0. The Morgan fingerprint density at radius 1 is 1.00 bits per heavy atom. The zero-order valence-corrected chi connectivity index (χ0v) is 16.7. The molecule has 0 aliphatic heterocycles. The van der Waals surface area contributed by atoms with Crippen LogP contribution < -0.4 is 10.1 Å². The molecule has 28 heavy (non-hydrogen) atoms. The van der Waals surface area contributed by atoms with Crippen LogP contribution in [0.15, 0.2) is 36.5 Å². The van der Waals surface area contributed by atoms with E-state index in [1.807, 2.05) is 18.2 Å². The lowest BCUT2D eigenvalue weighted by atomic mass is 10.0. The Morgan fingerprint density at radius 3 is 2.46 bits per heavy atom. The minimum atomic E-state index is 0.774. The fourth-order valence-electron chi connectivity index (χ4n) is 3.83. The second-order valence-corrected chi connectivity index (χ2v) is 7.04. The lowest BCUT2D eigenvalue weighted by Gasteiger charge is -2.17. The predicted octanol–water partition coefficient (Wildman–Crippen LogP) is 4.90. The Hall–Kier alpha value is -2.95. The Morgan fingerprint density at radius 2 is 1.79 bits per heavy atom. The van der Waals surface area contributed by atoms with Gasteiger partial charge in [-0.25, -0.2) is 15.0 Å². The molecule has 3 aromatic rings. The minimum absolute atomic E-state index is 0.774. The standard InChI is InChI=1S/C23H26N4O/c1-4-18-22(17-13-15-9-8-10-16(15)14-20(17)28-3)25-19(5-2)23(26-18)27-21-11-6-7-12-24-21/h6-7,11-14H,4-5,8-10H2,1-3H3,(H,24,26,27). The minimum Gasteiger partial charge on any atom is -0.496 e. The average Bonchev–Trinajstić information content (AvgIpc) is 3.20. The summed E-state index contributed by atoms with van der Waals surface area (Å²) in [5.41, 5.74) is 6.68. The summed E-state index contributed by atoms with van der Waals surface area (Å²) in [4.78, 5) is 14.3. The van der Waals surface area contributed by atoms with E-state index in [1.165, 1.54) is 17.5 Å². The first-order valence-electron chi connectivity index (χ1n) is 10.0. The van der Waals surface area contributed by atoms with Gasteiger partial charge in [0, 0.05) is 11.8 Å². The van der Waals surface area contributed by atoms with Gasteiger partial charge in [0.2, 0.25) is 0 Å². The number of rotatable bonds is 6. The van der Waals surface area contributed by atoms with E-state index in [0.29, 0.717) is 0 Å². The molecule has 0 atom stereocenters. The molecule has 0 fully saturated rings. The van der Waals surface area contributed by atoms with Crippen LogP contribution in [0.25, 0.3) is 11.3 Å². The van der Waals surface area contributed by atoms with Gasteiger partial charge >= 0.3 is 0 Å². The Kier molecular flexibility index (Phi) is 5.24. The van der Waals surface area contributed by atoms with E-state index in [9.17, 15) is 0 Å². The summed E-state index contributed by atoms with van der Waals surface area (Å²) in [6, 6.07) is 10.2. The third-order valence-corrected chi connectivity index (χ3v) is 5.29. The number of nitrogens with one attached hydrogen (secondary N) is 1. The number of aryl methyl sites for hydroxylation is 4. The molecule has 1 N–H and O–H groups in total. The van der Waals surface area contributed by atoms with Gasteiger partial charge in [-0.05, 0) is 67.5 Å². The zero-order chi connectivity index (χ0) is 19.5. The van der Waals surface area contributed by atoms with Gasteiger partial charge in [0.25, 0.3) is 0 Å². The Labute approximate surface area is 166 Å². The van der Waals surface area contributed by atoms with Crippen LogP contribution in [0.5, 0.6) is 5.75 Å². The maximum atomic E-state index is 5.73. The number of hydrogen-bond donors (Lipinski definition) is 1. The normalized spacial score (nSPS) is 12.7. The van der Waals surface area contributed by atoms with Crippen LogP contribution in [-0.4, -0.2) is 22.1 Å². The monoisotopic (exact) mass is 374 g/mol. The van der Waals surface area contributed by atoms with Crippen molar-refractivity contribution in [1.29, 1.82) is 0 Å². The predicted molar refractivity (Wildman–Crippen MR) is 112 cm³/mol. The first-order chi connectivity index (χ1) is 13.7. The van der Waals surface area contributed by atoms with Gasteiger partial charge in [-0.15, -0.1) is 0 Å². The molecule has 0 bridgehead atoms. The topological polar surface area (TPSA) is 59.9 Å². The Bertz CT molecular complexity index is 986. The van der Waals surface area contributed by atoms with Gasteiger partial charge in [0.15, 0.2) is 5.82 Å². The molecule has 2 aromatic heterocycles. The van der Waals surface area contributed by atoms with Gasteiger partial charge < -0.3 is 10.1 Å². The van der Waals surface area contributed by atoms with Gasteiger partial charge in [-0.3, -0.25) is 0 Å². The van der Waals surface area contributed by atoms with Crippen molar-refractivity contribution < 1.29 is 4.74 Å². The van der Waals surface area contributed by atoms with Crippen LogP contribution in [0.1, 0.15) is 42.8 Å². The molecule has 0 saturated carbocycles. The van der Waals surface area contributed by atoms with Crippen molar-refractivity contribution in [2.45, 2.75) is 46.0 Å². The van der Waals surface area contributed by atoms with Crippen molar-refractivity contribution in [3.05, 3.63) is 59.0 Å². The van der Waals surface area contributed by atoms with E-state index in [4.69, 9.17) is 14.7 Å². The van der Waals surface area contributed by atoms with Crippen molar-refractivity contribution in [2.75, 3.05) is 12.4 Å². The molecule has 0 unspecified atom stereocenters. The number of fused-ring (bicyclic) bond motifs is 1. The quantitative estimate of drug-likeness (QED) is 0.665. The summed E-state index contributed by atoms with van der Waals surface area (Å²) in [7, 11) is 1.73. The molecule has 144 valence electrons. The van der Waals surface area contributed by atoms with E-state index in [0.717, 1.165) is 65.7 Å². The maximum absolute atomic E-state index is 5.73. The van der Waals surface area contributed by atoms with Crippen LogP contribution in [0.4, 0.5) is 11.6 Å². The van der Waals surface area contributed by atoms with Crippen LogP contribution in [-0.2, 0) is 25.7 Å². The van der Waals surface area contributed by atoms with Crippen LogP contribution in [0, 0.1) is 0 Å². The molecule has 1 aliphatic rings. The van der Waals surface area contributed by atoms with E-state index < -0.39 is 0 Å². The third kappa shape index (κ3) is 3.44. The average molecular weight is 374 g/mol. The number of anilines is 2. The highest BCUT2D eigenvalue weighted by atomic mass is 16.5. The van der Waals surface area contributed by atoms with Gasteiger partial charge in [-0.1, -0.05) is 19.9 Å². The van der Waals surface area contributed by atoms with Gasteiger partial charge in [-0.2, -0.15) is 0 Å². The fraction of sp³-hybridized carbons (Fsp3) is 0.348. The molecule has 5 heteroatoms. The highest BCUT2D eigenvalue weighted by Crippen LogP contribution is 2.37. The molecule has 0 spiro atoms. The lowest BCUT2D eigenvalue weighted by molar-refractivity contribution is 0.415. The maximum Gasteiger partial charge on any atom is 0.153 e. The van der Waals surface area contributed by atoms with Crippen molar-refractivity contribution in [1.82, 2.24) is 15.0 Å². The molecule has 1 aromatic carbocycles. The molecule has 4 rings (SSSR count). The molecular formula is C23H26N4O. The molecule has 1 aliphatic carbocycles. The second kappa shape index (κ2) is 7.97. The molecule has 0 radical (unpaired) electrons. The van der Waals surface area contributed by atoms with Gasteiger partial charge in [0.1, 0.15) is 11.6 Å². The molecule has 0 saturated heterocycles. The number of hydrogen-bond acceptors (Lipinski definition) is 5. The third-order valence-electron chi connectivity index (χ3n) is 5.29. The zero-order valence-electron chi connectivity index (χ0n) is 16.7. The highest BCUT2D eigenvalue weighted by molar-refractivity contribution is 5.73. The summed E-state index contributed by atoms with van der Waals surface area (Å²) in [6.07, 6.45) is 6.82. The van der Waals surface area contributed by atoms with Crippen LogP contribution in [0.3, 0.4) is 0 Å². The number of pyridine rings is 1. The van der Waals surface area contributed by atoms with E-state index in [1.54, 1.807) is 13.3 Å². The number of methoxy groups -OCH3 is 1. The summed E-state index contributed by atoms with van der Waals surface area (Å²) in [5.74, 6) is 2.44. The van der Waals surface area contributed by atoms with E-state index in [2.05, 4.69) is 36.3 Å². The number of aromatic nitrogens is 3. The lowest BCUT2D eigenvalue weighted by Crippen LogP contribution is -2.08. The van der Waals surface area contributed by atoms with Crippen molar-refractivity contribution in [3.63, 3.8) is 0 Å². The highest BCUT2D eigenvalue weighted by Gasteiger charge is 2.21. The van der Waals surface area contributed by atoms with Crippen molar-refractivity contribution in [3.8, 4) is 17.0 Å². The number of nitrogens with zero attached hydrogens (tertiary/aromatic N) is 3. The summed E-state index contributed by atoms with van der Waals surface area (Å²) in [5, 5.41) is 3.33. The van der Waals surface area contributed by atoms with Crippen molar-refractivity contribution >= 4 is 11.6 Å². The number of ether oxygens (including phenoxy) is 1. The Balaban J connectivity index is 1.82. The molecule has 2 heterocycles. The first kappa shape index (κ1) is 18.4. The first-order valence-corrected chi connectivity index (χ1v) is 10.0. The van der Waals surface area contributed by atoms with Crippen LogP contribution >= 0.6 is 0 Å². The molecule has 0 amide bonds. The molecule has 5 nitrogen and oxygen atoms in total. The second-order valence-electron chi connectivity index (χ2n) is 7.04. The van der Waals surface area contributed by atoms with Crippen molar-refractivity contribution in [2.24, 2.45) is 0 Å². The fourth-order valence-corrected chi connectivity index (χ4v) is 3.83. The van der Waals surface area contributed by atoms with Crippen LogP contribution in [0.2, 0.25) is 0 Å². The largest absolute Gasteiger partial charge is 0.496 e. The summed E-state index contributed by atoms with van der Waals surface area (Å²) in [6.45, 7) is 4.21. The number of benzene rings is 1. The van der Waals surface area contributed by atoms with Gasteiger partial charge in [0.05, 0.1) is 24.2 Å². The summed E-state index contributed by atoms with van der Waals surface area (Å²) < 4.78 is 5.73. The SMILES string of the molecule is CCc1nc(-c2cc3c(cc2OC)CCC3)c(CC)nc1Nc1ccccn1. The van der Waals surface area contributed by atoms with E-state index in [-0.39, 0.29) is 0 Å². The smallest absolute Gasteiger partial charge is 0.153 e. The van der Waals surface area contributed by atoms with E-state index >= 15 is 0 Å². The molecular weight excluding hydrogens is 348 g/mol.